The van der Waals surface area contributed by atoms with E-state index in [1.807, 2.05) is 0 Å². The molecule has 0 N–H and O–H groups in total. The van der Waals surface area contributed by atoms with Crippen LogP contribution in [0.15, 0.2) is 48.5 Å². The molecule has 0 saturated carbocycles. The van der Waals surface area contributed by atoms with Crippen LogP contribution in [0, 0.1) is 5.82 Å². The molecule has 1 aliphatic rings. The van der Waals surface area contributed by atoms with Crippen molar-refractivity contribution in [3.63, 3.8) is 0 Å². The molecule has 3 rings (SSSR count). The van der Waals surface area contributed by atoms with Crippen molar-refractivity contribution in [3.8, 4) is 0 Å². The van der Waals surface area contributed by atoms with Crippen LogP contribution in [-0.4, -0.2) is 53.2 Å². The molecule has 1 aliphatic heterocycles. The minimum Gasteiger partial charge on any atom is -0.454 e. The summed E-state index contributed by atoms with van der Waals surface area (Å²) in [7, 11) is 0. The summed E-state index contributed by atoms with van der Waals surface area (Å²) in [5, 5.41) is 0. The number of benzene rings is 2. The second kappa shape index (κ2) is 9.30. The average Bonchev–Trinajstić information content (AvgIpc) is 2.73. The first-order valence-corrected chi connectivity index (χ1v) is 9.49. The Balaban J connectivity index is 1.55. The third-order valence-electron chi connectivity index (χ3n) is 4.78. The summed E-state index contributed by atoms with van der Waals surface area (Å²) in [4.78, 5) is 51.4. The smallest absolute Gasteiger partial charge is 0.326 e. The van der Waals surface area contributed by atoms with E-state index in [1.165, 1.54) is 17.0 Å². The maximum atomic E-state index is 13.3. The van der Waals surface area contributed by atoms with Crippen LogP contribution in [0.2, 0.25) is 0 Å². The number of likely N-dealkylation sites (N-methyl/N-ethyl adjacent to an activating group) is 1. The van der Waals surface area contributed by atoms with Gasteiger partial charge in [0.25, 0.3) is 11.8 Å². The Morgan fingerprint density at radius 1 is 1.13 bits per heavy atom. The van der Waals surface area contributed by atoms with E-state index in [0.717, 1.165) is 4.90 Å². The van der Waals surface area contributed by atoms with E-state index in [2.05, 4.69) is 0 Å². The van der Waals surface area contributed by atoms with Crippen molar-refractivity contribution in [2.45, 2.75) is 19.9 Å². The predicted molar refractivity (Wildman–Crippen MR) is 105 cm³/mol. The minimum atomic E-state index is -0.855. The summed E-state index contributed by atoms with van der Waals surface area (Å²) in [6, 6.07) is 12.6. The Hall–Kier alpha value is -3.55. The van der Waals surface area contributed by atoms with Crippen LogP contribution < -0.4 is 0 Å². The summed E-state index contributed by atoms with van der Waals surface area (Å²) in [6.45, 7) is 1.17. The van der Waals surface area contributed by atoms with E-state index in [4.69, 9.17) is 4.74 Å². The average molecular weight is 412 g/mol. The van der Waals surface area contributed by atoms with Gasteiger partial charge in [-0.25, -0.2) is 4.39 Å². The van der Waals surface area contributed by atoms with Gasteiger partial charge in [0.2, 0.25) is 5.91 Å². The van der Waals surface area contributed by atoms with E-state index < -0.39 is 42.7 Å². The van der Waals surface area contributed by atoms with Crippen molar-refractivity contribution >= 4 is 23.7 Å². The molecule has 0 unspecified atom stereocenters. The normalized spacial score (nSPS) is 13.1. The van der Waals surface area contributed by atoms with E-state index >= 15 is 0 Å². The number of esters is 1. The molecule has 0 fully saturated rings. The SMILES string of the molecule is CCN(Cc1cccc(F)c1)C(=O)COC(=O)CN1C(=O)Cc2ccccc2C1=O. The molecule has 0 aliphatic carbocycles. The number of hydrogen-bond donors (Lipinski definition) is 0. The largest absolute Gasteiger partial charge is 0.454 e. The molecule has 0 saturated heterocycles. The molecule has 7 nitrogen and oxygen atoms in total. The molecule has 0 radical (unpaired) electrons. The molecule has 0 spiro atoms. The first-order chi connectivity index (χ1) is 14.4. The lowest BCUT2D eigenvalue weighted by Crippen LogP contribution is -2.45. The van der Waals surface area contributed by atoms with E-state index in [-0.39, 0.29) is 13.0 Å². The third-order valence-corrected chi connectivity index (χ3v) is 4.78. The highest BCUT2D eigenvalue weighted by molar-refractivity contribution is 6.11. The summed E-state index contributed by atoms with van der Waals surface area (Å²) in [5.41, 5.74) is 1.59. The van der Waals surface area contributed by atoms with Crippen molar-refractivity contribution < 1.29 is 28.3 Å². The molecule has 0 bridgehead atoms. The fraction of sp³-hybridized carbons (Fsp3) is 0.273. The number of imide groups is 1. The number of amides is 3. The van der Waals surface area contributed by atoms with Crippen LogP contribution in [0.5, 0.6) is 0 Å². The first-order valence-electron chi connectivity index (χ1n) is 9.49. The van der Waals surface area contributed by atoms with Gasteiger partial charge in [-0.15, -0.1) is 0 Å². The number of carbonyl (C=O) groups excluding carboxylic acids is 4. The molecular weight excluding hydrogens is 391 g/mol. The second-order valence-electron chi connectivity index (χ2n) is 6.82. The molecule has 3 amide bonds. The van der Waals surface area contributed by atoms with E-state index in [9.17, 15) is 23.6 Å². The molecule has 2 aromatic carbocycles. The lowest BCUT2D eigenvalue weighted by atomic mass is 9.98. The van der Waals surface area contributed by atoms with E-state index in [1.54, 1.807) is 43.3 Å². The van der Waals surface area contributed by atoms with Gasteiger partial charge in [0.05, 0.1) is 6.42 Å². The Bertz CT molecular complexity index is 991. The summed E-state index contributed by atoms with van der Waals surface area (Å²) >= 11 is 0. The molecule has 0 aromatic heterocycles. The number of halogens is 1. The van der Waals surface area contributed by atoms with Crippen LogP contribution >= 0.6 is 0 Å². The molecule has 0 atom stereocenters. The number of fused-ring (bicyclic) bond motifs is 1. The van der Waals surface area contributed by atoms with Crippen molar-refractivity contribution in [2.24, 2.45) is 0 Å². The third kappa shape index (κ3) is 4.89. The molecule has 1 heterocycles. The van der Waals surface area contributed by atoms with Gasteiger partial charge in [-0.2, -0.15) is 0 Å². The van der Waals surface area contributed by atoms with Gasteiger partial charge in [0.1, 0.15) is 12.4 Å². The van der Waals surface area contributed by atoms with Gasteiger partial charge in [0.15, 0.2) is 6.61 Å². The standard InChI is InChI=1S/C22H21FN2O5/c1-2-24(12-15-6-5-8-17(23)10-15)20(27)14-30-21(28)13-25-19(26)11-16-7-3-4-9-18(16)22(25)29/h3-10H,2,11-14H2,1H3. The van der Waals surface area contributed by atoms with Crippen LogP contribution in [0.25, 0.3) is 0 Å². The maximum Gasteiger partial charge on any atom is 0.326 e. The fourth-order valence-corrected chi connectivity index (χ4v) is 3.20. The number of rotatable bonds is 7. The Labute approximate surface area is 173 Å². The number of nitrogens with zero attached hydrogens (tertiary/aromatic N) is 2. The van der Waals surface area contributed by atoms with Gasteiger partial charge in [0, 0.05) is 18.7 Å². The molecular formula is C22H21FN2O5. The van der Waals surface area contributed by atoms with Crippen molar-refractivity contribution in [1.29, 1.82) is 0 Å². The zero-order valence-corrected chi connectivity index (χ0v) is 16.5. The van der Waals surface area contributed by atoms with Gasteiger partial charge in [-0.1, -0.05) is 30.3 Å². The fourth-order valence-electron chi connectivity index (χ4n) is 3.20. The lowest BCUT2D eigenvalue weighted by molar-refractivity contribution is -0.154. The zero-order valence-electron chi connectivity index (χ0n) is 16.5. The van der Waals surface area contributed by atoms with Gasteiger partial charge < -0.3 is 9.64 Å². The second-order valence-corrected chi connectivity index (χ2v) is 6.82. The Morgan fingerprint density at radius 2 is 1.90 bits per heavy atom. The summed E-state index contributed by atoms with van der Waals surface area (Å²) < 4.78 is 18.3. The van der Waals surface area contributed by atoms with Crippen molar-refractivity contribution in [3.05, 3.63) is 71.0 Å². The maximum absolute atomic E-state index is 13.3. The van der Waals surface area contributed by atoms with Gasteiger partial charge >= 0.3 is 5.97 Å². The monoisotopic (exact) mass is 412 g/mol. The highest BCUT2D eigenvalue weighted by Gasteiger charge is 2.32. The Morgan fingerprint density at radius 3 is 2.63 bits per heavy atom. The molecule has 156 valence electrons. The molecule has 2 aromatic rings. The topological polar surface area (TPSA) is 84.0 Å². The highest BCUT2D eigenvalue weighted by Crippen LogP contribution is 2.19. The summed E-state index contributed by atoms with van der Waals surface area (Å²) in [6.07, 6.45) is 0.0192. The van der Waals surface area contributed by atoms with Crippen LogP contribution in [-0.2, 0) is 32.1 Å². The highest BCUT2D eigenvalue weighted by atomic mass is 19.1. The van der Waals surface area contributed by atoms with Crippen molar-refractivity contribution in [2.75, 3.05) is 19.7 Å². The zero-order chi connectivity index (χ0) is 21.7. The molecule has 30 heavy (non-hydrogen) atoms. The lowest BCUT2D eigenvalue weighted by Gasteiger charge is -2.26. The van der Waals surface area contributed by atoms with Gasteiger partial charge in [-0.3, -0.25) is 24.1 Å². The van der Waals surface area contributed by atoms with Crippen molar-refractivity contribution in [1.82, 2.24) is 9.80 Å². The number of ether oxygens (including phenoxy) is 1. The molecule has 8 heteroatoms. The van der Waals surface area contributed by atoms with Crippen LogP contribution in [0.3, 0.4) is 0 Å². The van der Waals surface area contributed by atoms with Crippen LogP contribution in [0.1, 0.15) is 28.4 Å². The van der Waals surface area contributed by atoms with Crippen LogP contribution in [0.4, 0.5) is 4.39 Å². The van der Waals surface area contributed by atoms with Gasteiger partial charge in [-0.05, 0) is 36.2 Å². The predicted octanol–water partition coefficient (Wildman–Crippen LogP) is 1.94. The summed E-state index contributed by atoms with van der Waals surface area (Å²) in [5.74, 6) is -2.78. The number of hydrogen-bond acceptors (Lipinski definition) is 5. The minimum absolute atomic E-state index is 0.0192. The Kier molecular flexibility index (Phi) is 6.56. The van der Waals surface area contributed by atoms with E-state index in [0.29, 0.717) is 23.2 Å². The first kappa shape index (κ1) is 21.2. The quantitative estimate of drug-likeness (QED) is 0.513. The number of carbonyl (C=O) groups is 4.